The van der Waals surface area contributed by atoms with Gasteiger partial charge in [0.2, 0.25) is 0 Å². The molecule has 1 amide bonds. The second-order valence-electron chi connectivity index (χ2n) is 6.35. The molecule has 0 spiro atoms. The number of nitrogens with one attached hydrogen (secondary N) is 1. The molecule has 0 aliphatic carbocycles. The summed E-state index contributed by atoms with van der Waals surface area (Å²) >= 11 is 6.07. The number of halogens is 1. The average molecular weight is 377 g/mol. The second-order valence-corrected chi connectivity index (χ2v) is 6.76. The van der Waals surface area contributed by atoms with E-state index in [-0.39, 0.29) is 22.3 Å². The van der Waals surface area contributed by atoms with Crippen molar-refractivity contribution in [1.82, 2.24) is 5.32 Å². The third-order valence-electron chi connectivity index (χ3n) is 3.94. The quantitative estimate of drug-likeness (QED) is 0.557. The molecule has 2 aromatic carbocycles. The van der Waals surface area contributed by atoms with Crippen molar-refractivity contribution in [3.8, 4) is 5.75 Å². The first-order valence-electron chi connectivity index (χ1n) is 8.20. The van der Waals surface area contributed by atoms with Crippen LogP contribution in [0.15, 0.2) is 42.5 Å². The zero-order valence-corrected chi connectivity index (χ0v) is 15.6. The summed E-state index contributed by atoms with van der Waals surface area (Å²) < 4.78 is 5.16. The van der Waals surface area contributed by atoms with Crippen molar-refractivity contribution in [3.63, 3.8) is 0 Å². The fourth-order valence-electron chi connectivity index (χ4n) is 2.62. The highest BCUT2D eigenvalue weighted by atomic mass is 35.5. The van der Waals surface area contributed by atoms with E-state index in [9.17, 15) is 14.9 Å². The molecule has 0 unspecified atom stereocenters. The maximum atomic E-state index is 12.7. The van der Waals surface area contributed by atoms with Gasteiger partial charge < -0.3 is 10.1 Å². The van der Waals surface area contributed by atoms with Gasteiger partial charge in [-0.15, -0.1) is 0 Å². The summed E-state index contributed by atoms with van der Waals surface area (Å²) in [6.45, 7) is 4.12. The molecule has 0 radical (unpaired) electrons. The van der Waals surface area contributed by atoms with E-state index in [1.165, 1.54) is 18.2 Å². The molecule has 0 bridgehead atoms. The summed E-state index contributed by atoms with van der Waals surface area (Å²) in [5.74, 6) is 0.619. The topological polar surface area (TPSA) is 81.5 Å². The maximum Gasteiger partial charge on any atom is 0.270 e. The number of hydrogen-bond donors (Lipinski definition) is 1. The van der Waals surface area contributed by atoms with Crippen molar-refractivity contribution in [2.45, 2.75) is 26.3 Å². The van der Waals surface area contributed by atoms with Crippen molar-refractivity contribution in [2.24, 2.45) is 5.92 Å². The van der Waals surface area contributed by atoms with Gasteiger partial charge in [-0.2, -0.15) is 0 Å². The number of ether oxygens (including phenoxy) is 1. The highest BCUT2D eigenvalue weighted by Crippen LogP contribution is 2.26. The molecule has 2 rings (SSSR count). The molecule has 26 heavy (non-hydrogen) atoms. The van der Waals surface area contributed by atoms with Crippen LogP contribution >= 0.6 is 11.6 Å². The highest BCUT2D eigenvalue weighted by molar-refractivity contribution is 6.33. The van der Waals surface area contributed by atoms with Crippen molar-refractivity contribution in [2.75, 3.05) is 7.11 Å². The number of nitrogens with zero attached hydrogens (tertiary/aromatic N) is 1. The molecular formula is C19H21ClN2O4. The first-order valence-corrected chi connectivity index (χ1v) is 8.58. The van der Waals surface area contributed by atoms with Crippen LogP contribution in [0.1, 0.15) is 42.2 Å². The number of carbonyl (C=O) groups is 1. The smallest absolute Gasteiger partial charge is 0.270 e. The first-order chi connectivity index (χ1) is 12.3. The Bertz CT molecular complexity index is 791. The minimum absolute atomic E-state index is 0.0862. The average Bonchev–Trinajstić information content (AvgIpc) is 2.61. The van der Waals surface area contributed by atoms with Crippen molar-refractivity contribution < 1.29 is 14.5 Å². The molecule has 0 heterocycles. The monoisotopic (exact) mass is 376 g/mol. The van der Waals surface area contributed by atoms with Crippen LogP contribution in [0.3, 0.4) is 0 Å². The minimum Gasteiger partial charge on any atom is -0.497 e. The summed E-state index contributed by atoms with van der Waals surface area (Å²) in [5, 5.41) is 14.1. The molecule has 0 saturated carbocycles. The molecule has 0 aromatic heterocycles. The van der Waals surface area contributed by atoms with Gasteiger partial charge in [0.05, 0.1) is 28.7 Å². The van der Waals surface area contributed by atoms with Gasteiger partial charge >= 0.3 is 0 Å². The Labute approximate surface area is 157 Å². The Kier molecular flexibility index (Phi) is 6.58. The molecule has 0 saturated heterocycles. The largest absolute Gasteiger partial charge is 0.497 e. The van der Waals surface area contributed by atoms with Crippen LogP contribution in [0.2, 0.25) is 5.02 Å². The van der Waals surface area contributed by atoms with E-state index in [1.807, 2.05) is 24.3 Å². The Balaban J connectivity index is 2.28. The first kappa shape index (κ1) is 19.7. The molecule has 1 atom stereocenters. The molecule has 2 aromatic rings. The minimum atomic E-state index is -0.553. The third kappa shape index (κ3) is 4.95. The van der Waals surface area contributed by atoms with Gasteiger partial charge in [-0.3, -0.25) is 14.9 Å². The lowest BCUT2D eigenvalue weighted by molar-refractivity contribution is -0.384. The lowest BCUT2D eigenvalue weighted by Gasteiger charge is -2.21. The number of non-ortho nitro benzene ring substituents is 1. The summed E-state index contributed by atoms with van der Waals surface area (Å²) in [4.78, 5) is 23.1. The van der Waals surface area contributed by atoms with Gasteiger partial charge in [0.25, 0.3) is 11.6 Å². The van der Waals surface area contributed by atoms with E-state index in [0.29, 0.717) is 12.3 Å². The van der Waals surface area contributed by atoms with Crippen molar-refractivity contribution in [3.05, 3.63) is 68.7 Å². The van der Waals surface area contributed by atoms with Crippen LogP contribution in [0.25, 0.3) is 0 Å². The number of methoxy groups -OCH3 is 1. The van der Waals surface area contributed by atoms with E-state index in [1.54, 1.807) is 7.11 Å². The standard InChI is InChI=1S/C19H21ClN2O4/c1-12(2)10-18(13-4-7-15(26-3)8-5-13)21-19(23)16-11-14(22(24)25)6-9-17(16)20/h4-9,11-12,18H,10H2,1-3H3,(H,21,23)/t18-/m0/s1. The van der Waals surface area contributed by atoms with Crippen molar-refractivity contribution in [1.29, 1.82) is 0 Å². The number of benzene rings is 2. The number of nitro groups is 1. The Hall–Kier alpha value is -2.60. The predicted octanol–water partition coefficient (Wildman–Crippen LogP) is 4.77. The third-order valence-corrected chi connectivity index (χ3v) is 4.27. The van der Waals surface area contributed by atoms with Crippen LogP contribution < -0.4 is 10.1 Å². The number of amides is 1. The van der Waals surface area contributed by atoms with Crippen LogP contribution in [0.4, 0.5) is 5.69 Å². The molecule has 0 aliphatic rings. The number of carbonyl (C=O) groups excluding carboxylic acids is 1. The Morgan fingerprint density at radius 1 is 1.23 bits per heavy atom. The normalized spacial score (nSPS) is 11.9. The Morgan fingerprint density at radius 2 is 1.88 bits per heavy atom. The van der Waals surface area contributed by atoms with E-state index in [2.05, 4.69) is 19.2 Å². The van der Waals surface area contributed by atoms with Gasteiger partial charge in [0.15, 0.2) is 0 Å². The molecule has 6 nitrogen and oxygen atoms in total. The number of rotatable bonds is 7. The summed E-state index contributed by atoms with van der Waals surface area (Å²) in [7, 11) is 1.59. The zero-order chi connectivity index (χ0) is 19.3. The fraction of sp³-hybridized carbons (Fsp3) is 0.316. The fourth-order valence-corrected chi connectivity index (χ4v) is 2.83. The number of hydrogen-bond acceptors (Lipinski definition) is 4. The highest BCUT2D eigenvalue weighted by Gasteiger charge is 2.21. The van der Waals surface area contributed by atoms with Gasteiger partial charge in [-0.1, -0.05) is 37.6 Å². The molecule has 0 aliphatic heterocycles. The lowest BCUT2D eigenvalue weighted by Crippen LogP contribution is -2.29. The van der Waals surface area contributed by atoms with Crippen molar-refractivity contribution >= 4 is 23.2 Å². The van der Waals surface area contributed by atoms with Crippen LogP contribution in [-0.4, -0.2) is 17.9 Å². The maximum absolute atomic E-state index is 12.7. The van der Waals surface area contributed by atoms with Crippen LogP contribution in [-0.2, 0) is 0 Å². The molecular weight excluding hydrogens is 356 g/mol. The molecule has 138 valence electrons. The second kappa shape index (κ2) is 8.67. The predicted molar refractivity (Wildman–Crippen MR) is 101 cm³/mol. The Morgan fingerprint density at radius 3 is 2.42 bits per heavy atom. The van der Waals surface area contributed by atoms with E-state index < -0.39 is 10.8 Å². The lowest BCUT2D eigenvalue weighted by atomic mass is 9.96. The van der Waals surface area contributed by atoms with E-state index in [0.717, 1.165) is 11.3 Å². The van der Waals surface area contributed by atoms with Gasteiger partial charge in [-0.05, 0) is 36.1 Å². The molecule has 7 heteroatoms. The van der Waals surface area contributed by atoms with Crippen LogP contribution in [0, 0.1) is 16.0 Å². The van der Waals surface area contributed by atoms with Gasteiger partial charge in [0, 0.05) is 12.1 Å². The number of nitro benzene ring substituents is 1. The van der Waals surface area contributed by atoms with E-state index >= 15 is 0 Å². The zero-order valence-electron chi connectivity index (χ0n) is 14.9. The van der Waals surface area contributed by atoms with Gasteiger partial charge in [0.1, 0.15) is 5.75 Å². The molecule has 0 fully saturated rings. The SMILES string of the molecule is COc1ccc([C@H](CC(C)C)NC(=O)c2cc([N+](=O)[O-])ccc2Cl)cc1. The summed E-state index contributed by atoms with van der Waals surface area (Å²) in [6, 6.07) is 11.0. The summed E-state index contributed by atoms with van der Waals surface area (Å²) in [6.07, 6.45) is 0.713. The van der Waals surface area contributed by atoms with Gasteiger partial charge in [-0.25, -0.2) is 0 Å². The summed E-state index contributed by atoms with van der Waals surface area (Å²) in [5.41, 5.74) is 0.835. The molecule has 1 N–H and O–H groups in total. The van der Waals surface area contributed by atoms with E-state index in [4.69, 9.17) is 16.3 Å². The van der Waals surface area contributed by atoms with Crippen LogP contribution in [0.5, 0.6) is 5.75 Å².